The highest BCUT2D eigenvalue weighted by Gasteiger charge is 2.29. The van der Waals surface area contributed by atoms with Crippen LogP contribution in [-0.4, -0.2) is 54.3 Å². The van der Waals surface area contributed by atoms with Crippen molar-refractivity contribution in [3.8, 4) is 0 Å². The maximum absolute atomic E-state index is 11.7. The molecule has 1 rings (SSSR count). The Kier molecular flexibility index (Phi) is 4.03. The third kappa shape index (κ3) is 2.59. The van der Waals surface area contributed by atoms with Crippen molar-refractivity contribution in [2.24, 2.45) is 0 Å². The molecule has 1 N–H and O–H groups in total. The van der Waals surface area contributed by atoms with E-state index in [9.17, 15) is 8.42 Å². The van der Waals surface area contributed by atoms with Gasteiger partial charge in [0.05, 0.1) is 11.9 Å². The van der Waals surface area contributed by atoms with Crippen LogP contribution in [0.5, 0.6) is 0 Å². The van der Waals surface area contributed by atoms with Gasteiger partial charge in [0.15, 0.2) is 0 Å². The predicted octanol–water partition coefficient (Wildman–Crippen LogP) is -0.254. The first-order chi connectivity index (χ1) is 6.09. The van der Waals surface area contributed by atoms with Crippen LogP contribution in [0.3, 0.4) is 0 Å². The second kappa shape index (κ2) is 4.63. The largest absolute Gasteiger partial charge is 0.395 e. The van der Waals surface area contributed by atoms with Crippen LogP contribution in [0, 0.1) is 0 Å². The highest BCUT2D eigenvalue weighted by molar-refractivity contribution is 7.99. The SMILES string of the molecule is CC(CO)S(=O)(=O)N1CCSCC1. The smallest absolute Gasteiger partial charge is 0.219 e. The molecule has 78 valence electrons. The predicted molar refractivity (Wildman–Crippen MR) is 54.4 cm³/mol. The molecule has 0 radical (unpaired) electrons. The highest BCUT2D eigenvalue weighted by Crippen LogP contribution is 2.15. The second-order valence-corrected chi connectivity index (χ2v) is 6.63. The average Bonchev–Trinajstić information content (AvgIpc) is 2.18. The zero-order valence-electron chi connectivity index (χ0n) is 7.64. The number of aliphatic hydroxyl groups excluding tert-OH is 1. The third-order valence-corrected chi connectivity index (χ3v) is 5.29. The van der Waals surface area contributed by atoms with Crippen molar-refractivity contribution in [1.82, 2.24) is 4.31 Å². The molecule has 0 aliphatic carbocycles. The number of sulfonamides is 1. The van der Waals surface area contributed by atoms with E-state index in [1.807, 2.05) is 0 Å². The van der Waals surface area contributed by atoms with Crippen LogP contribution in [0.25, 0.3) is 0 Å². The molecule has 4 nitrogen and oxygen atoms in total. The van der Waals surface area contributed by atoms with Crippen LogP contribution < -0.4 is 0 Å². The van der Waals surface area contributed by atoms with Gasteiger partial charge in [-0.25, -0.2) is 8.42 Å². The zero-order valence-corrected chi connectivity index (χ0v) is 9.27. The maximum Gasteiger partial charge on any atom is 0.219 e. The van der Waals surface area contributed by atoms with Crippen molar-refractivity contribution in [2.45, 2.75) is 12.2 Å². The van der Waals surface area contributed by atoms with Gasteiger partial charge in [-0.05, 0) is 6.92 Å². The Balaban J connectivity index is 2.67. The van der Waals surface area contributed by atoms with E-state index in [0.717, 1.165) is 11.5 Å². The van der Waals surface area contributed by atoms with Crippen LogP contribution >= 0.6 is 11.8 Å². The molecule has 1 aliphatic heterocycles. The Hall–Kier alpha value is 0.220. The maximum atomic E-state index is 11.7. The molecule has 0 amide bonds. The minimum Gasteiger partial charge on any atom is -0.395 e. The Morgan fingerprint density at radius 3 is 2.46 bits per heavy atom. The summed E-state index contributed by atoms with van der Waals surface area (Å²) in [7, 11) is -3.24. The molecule has 1 aliphatic rings. The highest BCUT2D eigenvalue weighted by atomic mass is 32.2. The van der Waals surface area contributed by atoms with Gasteiger partial charge in [0, 0.05) is 24.6 Å². The summed E-state index contributed by atoms with van der Waals surface area (Å²) in [6.07, 6.45) is 0. The molecular weight excluding hydrogens is 210 g/mol. The lowest BCUT2D eigenvalue weighted by Crippen LogP contribution is -2.43. The first-order valence-electron chi connectivity index (χ1n) is 4.26. The first-order valence-corrected chi connectivity index (χ1v) is 6.92. The molecule has 0 spiro atoms. The van der Waals surface area contributed by atoms with Crippen LogP contribution in [0.1, 0.15) is 6.92 Å². The van der Waals surface area contributed by atoms with Crippen molar-refractivity contribution in [3.63, 3.8) is 0 Å². The Morgan fingerprint density at radius 2 is 2.00 bits per heavy atom. The zero-order chi connectivity index (χ0) is 9.90. The second-order valence-electron chi connectivity index (χ2n) is 3.05. The molecule has 1 saturated heterocycles. The molecule has 1 fully saturated rings. The molecule has 0 aromatic carbocycles. The van der Waals surface area contributed by atoms with Gasteiger partial charge in [0.2, 0.25) is 10.0 Å². The van der Waals surface area contributed by atoms with Crippen molar-refractivity contribution in [2.75, 3.05) is 31.2 Å². The van der Waals surface area contributed by atoms with Gasteiger partial charge in [0.1, 0.15) is 0 Å². The first kappa shape index (κ1) is 11.3. The van der Waals surface area contributed by atoms with E-state index in [0.29, 0.717) is 13.1 Å². The summed E-state index contributed by atoms with van der Waals surface area (Å²) in [5.41, 5.74) is 0. The standard InChI is InChI=1S/C7H15NO3S2/c1-7(6-9)13(10,11)8-2-4-12-5-3-8/h7,9H,2-6H2,1H3. The number of rotatable bonds is 3. The number of hydrogen-bond acceptors (Lipinski definition) is 4. The Morgan fingerprint density at radius 1 is 1.46 bits per heavy atom. The van der Waals surface area contributed by atoms with E-state index in [1.165, 1.54) is 11.2 Å². The normalized spacial score (nSPS) is 22.9. The van der Waals surface area contributed by atoms with Crippen LogP contribution in [-0.2, 0) is 10.0 Å². The van der Waals surface area contributed by atoms with Gasteiger partial charge in [-0.15, -0.1) is 0 Å². The van der Waals surface area contributed by atoms with Crippen molar-refractivity contribution < 1.29 is 13.5 Å². The Bertz CT molecular complexity index is 246. The summed E-state index contributed by atoms with van der Waals surface area (Å²) < 4.78 is 24.8. The summed E-state index contributed by atoms with van der Waals surface area (Å²) in [5.74, 6) is 1.72. The molecule has 6 heteroatoms. The van der Waals surface area contributed by atoms with Crippen molar-refractivity contribution in [1.29, 1.82) is 0 Å². The van der Waals surface area contributed by atoms with Crippen molar-refractivity contribution in [3.05, 3.63) is 0 Å². The van der Waals surface area contributed by atoms with E-state index in [4.69, 9.17) is 5.11 Å². The fourth-order valence-electron chi connectivity index (χ4n) is 1.15. The lowest BCUT2D eigenvalue weighted by atomic mass is 10.5. The lowest BCUT2D eigenvalue weighted by molar-refractivity contribution is 0.289. The molecule has 0 aromatic heterocycles. The molecule has 13 heavy (non-hydrogen) atoms. The molecule has 1 heterocycles. The van der Waals surface area contributed by atoms with Crippen LogP contribution in [0.2, 0.25) is 0 Å². The minimum absolute atomic E-state index is 0.300. The topological polar surface area (TPSA) is 57.6 Å². The van der Waals surface area contributed by atoms with Gasteiger partial charge in [-0.1, -0.05) is 0 Å². The van der Waals surface area contributed by atoms with Crippen LogP contribution in [0.15, 0.2) is 0 Å². The van der Waals surface area contributed by atoms with Crippen LogP contribution in [0.4, 0.5) is 0 Å². The number of hydrogen-bond donors (Lipinski definition) is 1. The lowest BCUT2D eigenvalue weighted by Gasteiger charge is -2.27. The summed E-state index contributed by atoms with van der Waals surface area (Å²) in [6, 6.07) is 0. The van der Waals surface area contributed by atoms with Gasteiger partial charge >= 0.3 is 0 Å². The molecular formula is C7H15NO3S2. The molecule has 0 aromatic rings. The summed E-state index contributed by atoms with van der Waals surface area (Å²) in [4.78, 5) is 0. The van der Waals surface area contributed by atoms with Gasteiger partial charge in [0.25, 0.3) is 0 Å². The van der Waals surface area contributed by atoms with E-state index >= 15 is 0 Å². The summed E-state index contributed by atoms with van der Waals surface area (Å²) in [5, 5.41) is 8.12. The van der Waals surface area contributed by atoms with E-state index in [2.05, 4.69) is 0 Å². The van der Waals surface area contributed by atoms with E-state index < -0.39 is 15.3 Å². The fraction of sp³-hybridized carbons (Fsp3) is 1.00. The Labute approximate surface area is 83.4 Å². The number of thioether (sulfide) groups is 1. The molecule has 0 bridgehead atoms. The minimum atomic E-state index is -3.24. The third-order valence-electron chi connectivity index (χ3n) is 2.10. The summed E-state index contributed by atoms with van der Waals surface area (Å²) in [6.45, 7) is 2.40. The fourth-order valence-corrected chi connectivity index (χ4v) is 3.67. The van der Waals surface area contributed by atoms with Gasteiger partial charge in [-0.2, -0.15) is 16.1 Å². The monoisotopic (exact) mass is 225 g/mol. The summed E-state index contributed by atoms with van der Waals surface area (Å²) >= 11 is 1.77. The van der Waals surface area contributed by atoms with Gasteiger partial charge in [-0.3, -0.25) is 0 Å². The molecule has 1 unspecified atom stereocenters. The quantitative estimate of drug-likeness (QED) is 0.719. The van der Waals surface area contributed by atoms with E-state index in [1.54, 1.807) is 11.8 Å². The van der Waals surface area contributed by atoms with E-state index in [-0.39, 0.29) is 6.61 Å². The average molecular weight is 225 g/mol. The number of aliphatic hydroxyl groups is 1. The molecule has 1 atom stereocenters. The van der Waals surface area contributed by atoms with Gasteiger partial charge < -0.3 is 5.11 Å². The van der Waals surface area contributed by atoms with Crippen molar-refractivity contribution >= 4 is 21.8 Å². The molecule has 0 saturated carbocycles. The number of nitrogens with zero attached hydrogens (tertiary/aromatic N) is 1.